The third-order valence-electron chi connectivity index (χ3n) is 1.75. The van der Waals surface area contributed by atoms with E-state index in [2.05, 4.69) is 36.7 Å². The maximum atomic E-state index is 3.64. The Bertz CT molecular complexity index is 61.6. The fourth-order valence-corrected chi connectivity index (χ4v) is 1.30. The van der Waals surface area contributed by atoms with Gasteiger partial charge in [0.15, 0.2) is 0 Å². The van der Waals surface area contributed by atoms with Crippen molar-refractivity contribution < 1.29 is 0 Å². The van der Waals surface area contributed by atoms with Crippen LogP contribution in [0.2, 0.25) is 0 Å². The Hall–Kier alpha value is 0.480. The maximum Gasteiger partial charge on any atom is 0.0168 e. The fourth-order valence-electron chi connectivity index (χ4n) is 1.04. The summed E-state index contributed by atoms with van der Waals surface area (Å²) in [6, 6.07) is 0. The average Bonchev–Trinajstić information content (AvgIpc) is 1.87. The summed E-state index contributed by atoms with van der Waals surface area (Å²) < 4.78 is 0. The lowest BCUT2D eigenvalue weighted by molar-refractivity contribution is 0.499. The van der Waals surface area contributed by atoms with Gasteiger partial charge in [-0.2, -0.15) is 0 Å². The predicted molar refractivity (Wildman–Crippen MR) is 47.1 cm³/mol. The molecule has 0 fully saturated rings. The summed E-state index contributed by atoms with van der Waals surface area (Å²) in [5, 5.41) is 0. The Morgan fingerprint density at radius 3 is 2.22 bits per heavy atom. The van der Waals surface area contributed by atoms with Crippen molar-refractivity contribution in [3.8, 4) is 0 Å². The molecule has 2 unspecified atom stereocenters. The quantitative estimate of drug-likeness (QED) is 0.598. The molecule has 9 heavy (non-hydrogen) atoms. The van der Waals surface area contributed by atoms with E-state index in [4.69, 9.17) is 0 Å². The minimum Gasteiger partial charge on any atom is -0.0888 e. The molecular weight excluding hydrogens is 176 g/mol. The molecule has 0 saturated heterocycles. The second kappa shape index (κ2) is 5.28. The highest BCUT2D eigenvalue weighted by atomic mass is 79.9. The van der Waals surface area contributed by atoms with E-state index in [1.165, 1.54) is 19.3 Å². The van der Waals surface area contributed by atoms with E-state index in [-0.39, 0.29) is 0 Å². The molecule has 0 aromatic carbocycles. The molecule has 0 heterocycles. The van der Waals surface area contributed by atoms with Gasteiger partial charge in [0.05, 0.1) is 0 Å². The van der Waals surface area contributed by atoms with Crippen molar-refractivity contribution in [2.24, 2.45) is 5.92 Å². The first kappa shape index (κ1) is 9.48. The van der Waals surface area contributed by atoms with Gasteiger partial charge in [-0.15, -0.1) is 0 Å². The lowest BCUT2D eigenvalue weighted by Gasteiger charge is -2.14. The number of hydrogen-bond donors (Lipinski definition) is 0. The van der Waals surface area contributed by atoms with Gasteiger partial charge in [0.2, 0.25) is 0 Å². The second-order valence-corrected chi connectivity index (χ2v) is 3.87. The largest absolute Gasteiger partial charge is 0.0888 e. The van der Waals surface area contributed by atoms with Crippen LogP contribution >= 0.6 is 15.9 Å². The van der Waals surface area contributed by atoms with E-state index >= 15 is 0 Å². The third-order valence-corrected chi connectivity index (χ3v) is 3.30. The zero-order chi connectivity index (χ0) is 7.28. The molecule has 0 aliphatic rings. The van der Waals surface area contributed by atoms with Crippen LogP contribution in [-0.4, -0.2) is 4.83 Å². The summed E-state index contributed by atoms with van der Waals surface area (Å²) in [7, 11) is 0. The molecule has 0 radical (unpaired) electrons. The monoisotopic (exact) mass is 192 g/mol. The van der Waals surface area contributed by atoms with Gasteiger partial charge in [0, 0.05) is 4.83 Å². The van der Waals surface area contributed by atoms with Gasteiger partial charge in [0.1, 0.15) is 0 Å². The first-order valence-electron chi connectivity index (χ1n) is 3.86. The summed E-state index contributed by atoms with van der Waals surface area (Å²) >= 11 is 3.64. The summed E-state index contributed by atoms with van der Waals surface area (Å²) in [4.78, 5) is 0.734. The highest BCUT2D eigenvalue weighted by molar-refractivity contribution is 9.09. The standard InChI is InChI=1S/C8H17Br/c1-4-6-7(3)8(9)5-2/h7-8H,4-6H2,1-3H3. The van der Waals surface area contributed by atoms with E-state index in [1.807, 2.05) is 0 Å². The van der Waals surface area contributed by atoms with Crippen molar-refractivity contribution in [1.82, 2.24) is 0 Å². The highest BCUT2D eigenvalue weighted by Crippen LogP contribution is 2.20. The summed E-state index contributed by atoms with van der Waals surface area (Å²) in [6.45, 7) is 6.78. The topological polar surface area (TPSA) is 0 Å². The fraction of sp³-hybridized carbons (Fsp3) is 1.00. The molecule has 0 aromatic heterocycles. The van der Waals surface area contributed by atoms with Gasteiger partial charge in [-0.05, 0) is 18.8 Å². The van der Waals surface area contributed by atoms with E-state index in [0.717, 1.165) is 10.7 Å². The van der Waals surface area contributed by atoms with Gasteiger partial charge in [0.25, 0.3) is 0 Å². The molecular formula is C8H17Br. The Morgan fingerprint density at radius 1 is 1.33 bits per heavy atom. The minimum atomic E-state index is 0.734. The third kappa shape index (κ3) is 3.96. The zero-order valence-corrected chi connectivity index (χ0v) is 8.24. The Morgan fingerprint density at radius 2 is 1.89 bits per heavy atom. The van der Waals surface area contributed by atoms with E-state index in [0.29, 0.717) is 0 Å². The number of rotatable bonds is 4. The van der Waals surface area contributed by atoms with Crippen molar-refractivity contribution in [2.75, 3.05) is 0 Å². The van der Waals surface area contributed by atoms with Crippen LogP contribution < -0.4 is 0 Å². The maximum absolute atomic E-state index is 3.64. The van der Waals surface area contributed by atoms with Gasteiger partial charge < -0.3 is 0 Å². The normalized spacial score (nSPS) is 17.3. The first-order chi connectivity index (χ1) is 4.22. The number of alkyl halides is 1. The van der Waals surface area contributed by atoms with Gasteiger partial charge in [-0.1, -0.05) is 43.1 Å². The van der Waals surface area contributed by atoms with Crippen molar-refractivity contribution in [3.05, 3.63) is 0 Å². The van der Waals surface area contributed by atoms with Crippen LogP contribution in [0.15, 0.2) is 0 Å². The van der Waals surface area contributed by atoms with Crippen LogP contribution in [-0.2, 0) is 0 Å². The van der Waals surface area contributed by atoms with Crippen LogP contribution in [0.1, 0.15) is 40.0 Å². The van der Waals surface area contributed by atoms with Gasteiger partial charge >= 0.3 is 0 Å². The second-order valence-electron chi connectivity index (χ2n) is 2.69. The molecule has 0 aromatic rings. The minimum absolute atomic E-state index is 0.734. The van der Waals surface area contributed by atoms with Crippen molar-refractivity contribution in [2.45, 2.75) is 44.9 Å². The molecule has 0 bridgehead atoms. The molecule has 0 spiro atoms. The molecule has 0 amide bonds. The van der Waals surface area contributed by atoms with Crippen LogP contribution in [0, 0.1) is 5.92 Å². The van der Waals surface area contributed by atoms with E-state index in [9.17, 15) is 0 Å². The highest BCUT2D eigenvalue weighted by Gasteiger charge is 2.09. The lowest BCUT2D eigenvalue weighted by Crippen LogP contribution is -2.08. The number of halogens is 1. The summed E-state index contributed by atoms with van der Waals surface area (Å²) in [5.74, 6) is 0.847. The van der Waals surface area contributed by atoms with E-state index < -0.39 is 0 Å². The average molecular weight is 193 g/mol. The smallest absolute Gasteiger partial charge is 0.0168 e. The molecule has 0 N–H and O–H groups in total. The molecule has 0 aliphatic heterocycles. The van der Waals surface area contributed by atoms with Gasteiger partial charge in [-0.25, -0.2) is 0 Å². The number of hydrogen-bond acceptors (Lipinski definition) is 0. The predicted octanol–water partition coefficient (Wildman–Crippen LogP) is 3.60. The summed E-state index contributed by atoms with van der Waals surface area (Å²) in [5.41, 5.74) is 0. The molecule has 0 rings (SSSR count). The molecule has 2 atom stereocenters. The molecule has 0 aliphatic carbocycles. The first-order valence-corrected chi connectivity index (χ1v) is 4.78. The zero-order valence-electron chi connectivity index (χ0n) is 6.65. The van der Waals surface area contributed by atoms with Crippen LogP contribution in [0.5, 0.6) is 0 Å². The van der Waals surface area contributed by atoms with Crippen LogP contribution in [0.4, 0.5) is 0 Å². The Kier molecular flexibility index (Phi) is 5.56. The van der Waals surface area contributed by atoms with E-state index in [1.54, 1.807) is 0 Å². The van der Waals surface area contributed by atoms with Crippen LogP contribution in [0.3, 0.4) is 0 Å². The summed E-state index contributed by atoms with van der Waals surface area (Å²) in [6.07, 6.45) is 3.91. The van der Waals surface area contributed by atoms with Crippen molar-refractivity contribution >= 4 is 15.9 Å². The van der Waals surface area contributed by atoms with Crippen molar-refractivity contribution in [3.63, 3.8) is 0 Å². The molecule has 0 saturated carbocycles. The lowest BCUT2D eigenvalue weighted by atomic mass is 10.0. The molecule has 0 nitrogen and oxygen atoms in total. The Labute approximate surface area is 67.2 Å². The van der Waals surface area contributed by atoms with Gasteiger partial charge in [-0.3, -0.25) is 0 Å². The van der Waals surface area contributed by atoms with Crippen LogP contribution in [0.25, 0.3) is 0 Å². The molecule has 56 valence electrons. The Balaban J connectivity index is 3.32. The van der Waals surface area contributed by atoms with Crippen molar-refractivity contribution in [1.29, 1.82) is 0 Å². The SMILES string of the molecule is CCCC(C)C(Br)CC. The molecule has 1 heteroatoms.